The summed E-state index contributed by atoms with van der Waals surface area (Å²) in [5, 5.41) is 13.1. The van der Waals surface area contributed by atoms with E-state index >= 15 is 0 Å². The van der Waals surface area contributed by atoms with E-state index in [1.165, 1.54) is 0 Å². The van der Waals surface area contributed by atoms with E-state index in [1.807, 2.05) is 25.3 Å². The molecule has 0 fully saturated rings. The zero-order valence-electron chi connectivity index (χ0n) is 13.1. The number of aryl methyl sites for hydroxylation is 1. The number of hydrogen-bond acceptors (Lipinski definition) is 4. The second-order valence-electron chi connectivity index (χ2n) is 5.87. The van der Waals surface area contributed by atoms with E-state index in [0.717, 1.165) is 17.7 Å². The maximum absolute atomic E-state index is 9.85. The molecule has 4 nitrogen and oxygen atoms in total. The number of pyridine rings is 1. The van der Waals surface area contributed by atoms with Crippen LogP contribution in [0.25, 0.3) is 0 Å². The van der Waals surface area contributed by atoms with Crippen LogP contribution in [0.3, 0.4) is 0 Å². The fourth-order valence-corrected chi connectivity index (χ4v) is 2.05. The summed E-state index contributed by atoms with van der Waals surface area (Å²) in [6.45, 7) is 10.00. The fraction of sp³-hybridized carbons (Fsp3) is 0.688. The van der Waals surface area contributed by atoms with Gasteiger partial charge in [-0.15, -0.1) is 0 Å². The Morgan fingerprint density at radius 3 is 2.65 bits per heavy atom. The van der Waals surface area contributed by atoms with Crippen LogP contribution in [0.2, 0.25) is 0 Å². The first-order chi connectivity index (χ1) is 9.47. The van der Waals surface area contributed by atoms with Gasteiger partial charge in [0.15, 0.2) is 0 Å². The van der Waals surface area contributed by atoms with E-state index in [0.29, 0.717) is 25.6 Å². The van der Waals surface area contributed by atoms with Crippen LogP contribution in [0.1, 0.15) is 38.4 Å². The first-order valence-electron chi connectivity index (χ1n) is 7.39. The predicted molar refractivity (Wildman–Crippen MR) is 81.6 cm³/mol. The van der Waals surface area contributed by atoms with Gasteiger partial charge in [-0.3, -0.25) is 4.98 Å². The summed E-state index contributed by atoms with van der Waals surface area (Å²) in [4.78, 5) is 4.24. The number of aliphatic hydroxyl groups excluding tert-OH is 1. The van der Waals surface area contributed by atoms with E-state index in [-0.39, 0.29) is 6.10 Å². The molecule has 0 aromatic carbocycles. The Morgan fingerprint density at radius 2 is 2.05 bits per heavy atom. The molecule has 1 aromatic heterocycles. The number of nitrogens with one attached hydrogen (secondary N) is 1. The second-order valence-corrected chi connectivity index (χ2v) is 5.87. The Kier molecular flexibility index (Phi) is 7.73. The lowest BCUT2D eigenvalue weighted by Crippen LogP contribution is -2.31. The minimum Gasteiger partial charge on any atom is -0.389 e. The van der Waals surface area contributed by atoms with Crippen molar-refractivity contribution in [3.8, 4) is 0 Å². The van der Waals surface area contributed by atoms with Crippen LogP contribution in [-0.2, 0) is 11.3 Å². The molecule has 1 rings (SSSR count). The molecule has 0 radical (unpaired) electrons. The third kappa shape index (κ3) is 7.58. The highest BCUT2D eigenvalue weighted by Crippen LogP contribution is 2.07. The van der Waals surface area contributed by atoms with Crippen molar-refractivity contribution in [2.75, 3.05) is 13.2 Å². The molecule has 0 bridgehead atoms. The van der Waals surface area contributed by atoms with Crippen LogP contribution >= 0.6 is 0 Å². The molecule has 2 unspecified atom stereocenters. The fourth-order valence-electron chi connectivity index (χ4n) is 2.05. The van der Waals surface area contributed by atoms with Gasteiger partial charge in [-0.1, -0.05) is 19.9 Å². The van der Waals surface area contributed by atoms with Gasteiger partial charge in [0.1, 0.15) is 0 Å². The molecule has 1 aromatic rings. The van der Waals surface area contributed by atoms with Gasteiger partial charge in [0.2, 0.25) is 0 Å². The van der Waals surface area contributed by atoms with E-state index in [9.17, 15) is 5.11 Å². The summed E-state index contributed by atoms with van der Waals surface area (Å²) >= 11 is 0. The average Bonchev–Trinajstić information content (AvgIpc) is 2.38. The molecule has 2 atom stereocenters. The summed E-state index contributed by atoms with van der Waals surface area (Å²) < 4.78 is 5.63. The Morgan fingerprint density at radius 1 is 1.30 bits per heavy atom. The number of aromatic nitrogens is 1. The van der Waals surface area contributed by atoms with Crippen molar-refractivity contribution in [2.45, 2.75) is 52.9 Å². The van der Waals surface area contributed by atoms with E-state index in [1.54, 1.807) is 0 Å². The zero-order chi connectivity index (χ0) is 15.0. The Hall–Kier alpha value is -0.970. The summed E-state index contributed by atoms with van der Waals surface area (Å²) in [5.74, 6) is 0.620. The first kappa shape index (κ1) is 17.1. The van der Waals surface area contributed by atoms with Crippen LogP contribution < -0.4 is 5.32 Å². The van der Waals surface area contributed by atoms with Gasteiger partial charge in [-0.2, -0.15) is 0 Å². The summed E-state index contributed by atoms with van der Waals surface area (Å²) in [5.41, 5.74) is 2.14. The average molecular weight is 280 g/mol. The highest BCUT2D eigenvalue weighted by atomic mass is 16.5. The van der Waals surface area contributed by atoms with Crippen LogP contribution in [-0.4, -0.2) is 35.5 Å². The predicted octanol–water partition coefficient (Wildman–Crippen LogP) is 2.29. The lowest BCUT2D eigenvalue weighted by atomic mass is 10.1. The summed E-state index contributed by atoms with van der Waals surface area (Å²) in [6.07, 6.45) is 2.61. The molecule has 0 aliphatic rings. The standard InChI is InChI=1S/C16H28N2O2/c1-12(2)7-14(4)20-11-16(19)10-17-8-15-6-5-13(3)18-9-15/h5-6,9,12,14,16-17,19H,7-8,10-11H2,1-4H3. The number of rotatable bonds is 9. The largest absolute Gasteiger partial charge is 0.389 e. The van der Waals surface area contributed by atoms with Crippen molar-refractivity contribution in [1.29, 1.82) is 0 Å². The van der Waals surface area contributed by atoms with E-state index in [4.69, 9.17) is 4.74 Å². The molecular weight excluding hydrogens is 252 g/mol. The Labute approximate surface area is 122 Å². The van der Waals surface area contributed by atoms with Gasteiger partial charge in [0, 0.05) is 25.0 Å². The molecule has 114 valence electrons. The monoisotopic (exact) mass is 280 g/mol. The molecule has 2 N–H and O–H groups in total. The Balaban J connectivity index is 2.13. The number of nitrogens with zero attached hydrogens (tertiary/aromatic N) is 1. The molecule has 0 spiro atoms. The molecule has 0 aliphatic carbocycles. The van der Waals surface area contributed by atoms with Crippen molar-refractivity contribution in [1.82, 2.24) is 10.3 Å². The zero-order valence-corrected chi connectivity index (χ0v) is 13.1. The second kappa shape index (κ2) is 9.06. The first-order valence-corrected chi connectivity index (χ1v) is 7.39. The number of aliphatic hydroxyl groups is 1. The van der Waals surface area contributed by atoms with Gasteiger partial charge in [-0.25, -0.2) is 0 Å². The minimum atomic E-state index is -0.469. The van der Waals surface area contributed by atoms with Gasteiger partial charge < -0.3 is 15.2 Å². The van der Waals surface area contributed by atoms with E-state index in [2.05, 4.69) is 31.1 Å². The highest BCUT2D eigenvalue weighted by Gasteiger charge is 2.09. The smallest absolute Gasteiger partial charge is 0.0897 e. The van der Waals surface area contributed by atoms with Crippen molar-refractivity contribution >= 4 is 0 Å². The van der Waals surface area contributed by atoms with Crippen LogP contribution in [0.15, 0.2) is 18.3 Å². The molecule has 0 saturated carbocycles. The van der Waals surface area contributed by atoms with Crippen LogP contribution in [0, 0.1) is 12.8 Å². The Bertz CT molecular complexity index is 365. The molecule has 0 saturated heterocycles. The summed E-state index contributed by atoms with van der Waals surface area (Å²) in [6, 6.07) is 4.03. The molecule has 1 heterocycles. The summed E-state index contributed by atoms with van der Waals surface area (Å²) in [7, 11) is 0. The van der Waals surface area contributed by atoms with Crippen molar-refractivity contribution < 1.29 is 9.84 Å². The third-order valence-corrected chi connectivity index (χ3v) is 3.06. The van der Waals surface area contributed by atoms with Crippen LogP contribution in [0.4, 0.5) is 0 Å². The third-order valence-electron chi connectivity index (χ3n) is 3.06. The molecule has 0 amide bonds. The van der Waals surface area contributed by atoms with Crippen molar-refractivity contribution in [3.63, 3.8) is 0 Å². The highest BCUT2D eigenvalue weighted by molar-refractivity contribution is 5.12. The normalized spacial score (nSPS) is 14.5. The maximum atomic E-state index is 9.85. The van der Waals surface area contributed by atoms with Crippen LogP contribution in [0.5, 0.6) is 0 Å². The van der Waals surface area contributed by atoms with Gasteiger partial charge in [0.05, 0.1) is 18.8 Å². The SMILES string of the molecule is Cc1ccc(CNCC(O)COC(C)CC(C)C)cn1. The van der Waals surface area contributed by atoms with E-state index < -0.39 is 6.10 Å². The van der Waals surface area contributed by atoms with Gasteiger partial charge in [0.25, 0.3) is 0 Å². The van der Waals surface area contributed by atoms with Crippen molar-refractivity contribution in [3.05, 3.63) is 29.6 Å². The molecule has 0 aliphatic heterocycles. The number of ether oxygens (including phenoxy) is 1. The lowest BCUT2D eigenvalue weighted by molar-refractivity contribution is -0.00857. The van der Waals surface area contributed by atoms with Crippen molar-refractivity contribution in [2.24, 2.45) is 5.92 Å². The topological polar surface area (TPSA) is 54.4 Å². The molecular formula is C16H28N2O2. The number of hydrogen-bond donors (Lipinski definition) is 2. The minimum absolute atomic E-state index is 0.200. The molecule has 20 heavy (non-hydrogen) atoms. The molecule has 4 heteroatoms. The maximum Gasteiger partial charge on any atom is 0.0897 e. The quantitative estimate of drug-likeness (QED) is 0.729. The van der Waals surface area contributed by atoms with Gasteiger partial charge in [-0.05, 0) is 37.8 Å². The van der Waals surface area contributed by atoms with Gasteiger partial charge >= 0.3 is 0 Å². The lowest BCUT2D eigenvalue weighted by Gasteiger charge is -2.18.